The SMILES string of the molecule is CCN(C(=O)CCNc1ccc(F)c(F)c1F)c1cccc(C)c1. The monoisotopic (exact) mass is 336 g/mol. The maximum absolute atomic E-state index is 13.5. The second-order valence-electron chi connectivity index (χ2n) is 5.38. The Balaban J connectivity index is 1.98. The van der Waals surface area contributed by atoms with Crippen molar-refractivity contribution in [2.45, 2.75) is 20.3 Å². The summed E-state index contributed by atoms with van der Waals surface area (Å²) in [6.07, 6.45) is 0.0974. The molecule has 6 heteroatoms. The van der Waals surface area contributed by atoms with E-state index in [1.165, 1.54) is 0 Å². The molecule has 0 radical (unpaired) electrons. The first kappa shape index (κ1) is 17.8. The Morgan fingerprint density at radius 3 is 2.54 bits per heavy atom. The van der Waals surface area contributed by atoms with Gasteiger partial charge in [-0.15, -0.1) is 0 Å². The van der Waals surface area contributed by atoms with Crippen LogP contribution in [0.15, 0.2) is 36.4 Å². The maximum Gasteiger partial charge on any atom is 0.228 e. The van der Waals surface area contributed by atoms with Crippen molar-refractivity contribution in [1.29, 1.82) is 0 Å². The van der Waals surface area contributed by atoms with Crippen LogP contribution in [0.5, 0.6) is 0 Å². The predicted octanol–water partition coefficient (Wildman–Crippen LogP) is 4.27. The van der Waals surface area contributed by atoms with Crippen LogP contribution in [-0.4, -0.2) is 19.0 Å². The highest BCUT2D eigenvalue weighted by atomic mass is 19.2. The second-order valence-corrected chi connectivity index (χ2v) is 5.38. The first-order valence-corrected chi connectivity index (χ1v) is 7.68. The van der Waals surface area contributed by atoms with Gasteiger partial charge in [0.25, 0.3) is 0 Å². The van der Waals surface area contributed by atoms with Gasteiger partial charge < -0.3 is 10.2 Å². The van der Waals surface area contributed by atoms with Gasteiger partial charge >= 0.3 is 0 Å². The molecule has 0 unspecified atom stereocenters. The molecular formula is C18H19F3N2O. The largest absolute Gasteiger partial charge is 0.382 e. The smallest absolute Gasteiger partial charge is 0.228 e. The fourth-order valence-electron chi connectivity index (χ4n) is 2.40. The average Bonchev–Trinajstić information content (AvgIpc) is 2.55. The van der Waals surface area contributed by atoms with E-state index in [0.717, 1.165) is 23.4 Å². The van der Waals surface area contributed by atoms with Gasteiger partial charge in [-0.1, -0.05) is 12.1 Å². The van der Waals surface area contributed by atoms with E-state index < -0.39 is 17.5 Å². The zero-order valence-electron chi connectivity index (χ0n) is 13.6. The fourth-order valence-corrected chi connectivity index (χ4v) is 2.40. The van der Waals surface area contributed by atoms with Crippen molar-refractivity contribution >= 4 is 17.3 Å². The molecule has 3 nitrogen and oxygen atoms in total. The summed E-state index contributed by atoms with van der Waals surface area (Å²) in [5, 5.41) is 2.62. The Labute approximate surface area is 139 Å². The minimum absolute atomic E-state index is 0.0974. The molecule has 24 heavy (non-hydrogen) atoms. The summed E-state index contributed by atoms with van der Waals surface area (Å²) in [5.74, 6) is -4.20. The molecular weight excluding hydrogens is 317 g/mol. The highest BCUT2D eigenvalue weighted by Crippen LogP contribution is 2.20. The summed E-state index contributed by atoms with van der Waals surface area (Å²) in [7, 11) is 0. The lowest BCUT2D eigenvalue weighted by Gasteiger charge is -2.21. The molecule has 0 saturated heterocycles. The highest BCUT2D eigenvalue weighted by Gasteiger charge is 2.16. The lowest BCUT2D eigenvalue weighted by atomic mass is 10.2. The second kappa shape index (κ2) is 7.86. The van der Waals surface area contributed by atoms with E-state index in [4.69, 9.17) is 0 Å². The van der Waals surface area contributed by atoms with Gasteiger partial charge in [-0.3, -0.25) is 4.79 Å². The molecule has 0 aliphatic heterocycles. The van der Waals surface area contributed by atoms with E-state index in [-0.39, 0.29) is 24.6 Å². The Morgan fingerprint density at radius 2 is 1.88 bits per heavy atom. The summed E-state index contributed by atoms with van der Waals surface area (Å²) in [4.78, 5) is 14.0. The number of carbonyl (C=O) groups excluding carboxylic acids is 1. The molecule has 0 saturated carbocycles. The third-order valence-electron chi connectivity index (χ3n) is 3.62. The number of anilines is 2. The standard InChI is InChI=1S/C18H19F3N2O/c1-3-23(13-6-4-5-12(2)11-13)16(24)9-10-22-15-8-7-14(19)17(20)18(15)21/h4-8,11,22H,3,9-10H2,1-2H3. The lowest BCUT2D eigenvalue weighted by molar-refractivity contribution is -0.118. The molecule has 2 aromatic rings. The number of hydrogen-bond donors (Lipinski definition) is 1. The molecule has 0 fully saturated rings. The first-order chi connectivity index (χ1) is 11.4. The van der Waals surface area contributed by atoms with Crippen molar-refractivity contribution in [2.75, 3.05) is 23.3 Å². The Kier molecular flexibility index (Phi) is 5.84. The molecule has 0 bridgehead atoms. The van der Waals surface area contributed by atoms with E-state index >= 15 is 0 Å². The van der Waals surface area contributed by atoms with Gasteiger partial charge in [0, 0.05) is 25.2 Å². The van der Waals surface area contributed by atoms with Crippen molar-refractivity contribution in [1.82, 2.24) is 0 Å². The number of nitrogens with zero attached hydrogens (tertiary/aromatic N) is 1. The van der Waals surface area contributed by atoms with Crippen LogP contribution in [-0.2, 0) is 4.79 Å². The van der Waals surface area contributed by atoms with E-state index in [0.29, 0.717) is 6.54 Å². The number of aryl methyl sites for hydroxylation is 1. The minimum atomic E-state index is -1.53. The summed E-state index contributed by atoms with van der Waals surface area (Å²) in [5.41, 5.74) is 1.67. The van der Waals surface area contributed by atoms with Crippen LogP contribution in [0.4, 0.5) is 24.5 Å². The van der Waals surface area contributed by atoms with Crippen molar-refractivity contribution in [3.63, 3.8) is 0 Å². The molecule has 1 amide bonds. The first-order valence-electron chi connectivity index (χ1n) is 7.68. The molecule has 0 aromatic heterocycles. The number of carbonyl (C=O) groups is 1. The summed E-state index contributed by atoms with van der Waals surface area (Å²) in [6, 6.07) is 9.51. The van der Waals surface area contributed by atoms with Crippen LogP contribution in [0.25, 0.3) is 0 Å². The number of rotatable bonds is 6. The molecule has 0 aliphatic rings. The third kappa shape index (κ3) is 4.07. The Bertz CT molecular complexity index is 734. The molecule has 128 valence electrons. The molecule has 0 aliphatic carbocycles. The van der Waals surface area contributed by atoms with Gasteiger partial charge in [-0.2, -0.15) is 0 Å². The van der Waals surface area contributed by atoms with Crippen LogP contribution in [0.3, 0.4) is 0 Å². The Hall–Kier alpha value is -2.50. The lowest BCUT2D eigenvalue weighted by Crippen LogP contribution is -2.32. The molecule has 2 rings (SSSR count). The Morgan fingerprint density at radius 1 is 1.12 bits per heavy atom. The number of hydrogen-bond acceptors (Lipinski definition) is 2. The van der Waals surface area contributed by atoms with Crippen molar-refractivity contribution in [2.24, 2.45) is 0 Å². The predicted molar refractivity (Wildman–Crippen MR) is 88.6 cm³/mol. The maximum atomic E-state index is 13.5. The van der Waals surface area contributed by atoms with Crippen molar-refractivity contribution < 1.29 is 18.0 Å². The van der Waals surface area contributed by atoms with Gasteiger partial charge in [-0.25, -0.2) is 13.2 Å². The van der Waals surface area contributed by atoms with Crippen LogP contribution in [0.1, 0.15) is 18.9 Å². The van der Waals surface area contributed by atoms with Gasteiger partial charge in [0.2, 0.25) is 5.91 Å². The van der Waals surface area contributed by atoms with Crippen LogP contribution in [0, 0.1) is 24.4 Å². The van der Waals surface area contributed by atoms with Gasteiger partial charge in [-0.05, 0) is 43.7 Å². The minimum Gasteiger partial charge on any atom is -0.382 e. The number of amides is 1. The topological polar surface area (TPSA) is 32.3 Å². The van der Waals surface area contributed by atoms with E-state index in [1.54, 1.807) is 4.90 Å². The molecule has 0 heterocycles. The highest BCUT2D eigenvalue weighted by molar-refractivity contribution is 5.93. The summed E-state index contributed by atoms with van der Waals surface area (Å²) in [6.45, 7) is 4.42. The summed E-state index contributed by atoms with van der Waals surface area (Å²) >= 11 is 0. The van der Waals surface area contributed by atoms with Crippen LogP contribution >= 0.6 is 0 Å². The van der Waals surface area contributed by atoms with Crippen LogP contribution in [0.2, 0.25) is 0 Å². The number of nitrogens with one attached hydrogen (secondary N) is 1. The normalized spacial score (nSPS) is 10.5. The van der Waals surface area contributed by atoms with Gasteiger partial charge in [0.05, 0.1) is 5.69 Å². The van der Waals surface area contributed by atoms with Gasteiger partial charge in [0.1, 0.15) is 0 Å². The average molecular weight is 336 g/mol. The quantitative estimate of drug-likeness (QED) is 0.799. The number of halogens is 3. The fraction of sp³-hybridized carbons (Fsp3) is 0.278. The third-order valence-corrected chi connectivity index (χ3v) is 3.62. The molecule has 1 N–H and O–H groups in total. The van der Waals surface area contributed by atoms with Crippen LogP contribution < -0.4 is 10.2 Å². The van der Waals surface area contributed by atoms with Crippen molar-refractivity contribution in [3.8, 4) is 0 Å². The van der Waals surface area contributed by atoms with Gasteiger partial charge in [0.15, 0.2) is 17.5 Å². The van der Waals surface area contributed by atoms with E-state index in [2.05, 4.69) is 5.32 Å². The number of benzene rings is 2. The zero-order valence-corrected chi connectivity index (χ0v) is 13.6. The van der Waals surface area contributed by atoms with Crippen molar-refractivity contribution in [3.05, 3.63) is 59.4 Å². The molecule has 0 atom stereocenters. The zero-order chi connectivity index (χ0) is 17.7. The summed E-state index contributed by atoms with van der Waals surface area (Å²) < 4.78 is 39.6. The molecule has 2 aromatic carbocycles. The van der Waals surface area contributed by atoms with E-state index in [9.17, 15) is 18.0 Å². The van der Waals surface area contributed by atoms with E-state index in [1.807, 2.05) is 38.1 Å². The molecule has 0 spiro atoms.